The molecule has 1 aromatic rings. The van der Waals surface area contributed by atoms with Crippen molar-refractivity contribution in [3.05, 3.63) is 17.0 Å². The zero-order valence-electron chi connectivity index (χ0n) is 6.10. The number of nitrogens with two attached hydrogens (primary N) is 1. The zero-order chi connectivity index (χ0) is 10.0. The molecule has 72 valence electrons. The third-order valence-corrected chi connectivity index (χ3v) is 1.44. The van der Waals surface area contributed by atoms with Crippen LogP contribution in [0.15, 0.2) is 6.20 Å². The third-order valence-electron chi connectivity index (χ3n) is 1.17. The van der Waals surface area contributed by atoms with E-state index in [0.29, 0.717) is 0 Å². The van der Waals surface area contributed by atoms with E-state index in [1.807, 2.05) is 0 Å². The Kier molecular flexibility index (Phi) is 2.82. The van der Waals surface area contributed by atoms with E-state index in [4.69, 9.17) is 17.3 Å². The Morgan fingerprint density at radius 2 is 2.15 bits per heavy atom. The number of pyridine rings is 1. The molecule has 0 spiro atoms. The fraction of sp³-hybridized carbons (Fsp3) is 0.167. The van der Waals surface area contributed by atoms with Crippen LogP contribution in [0.1, 0.15) is 0 Å². The van der Waals surface area contributed by atoms with Crippen molar-refractivity contribution in [3.8, 4) is 5.88 Å². The fourth-order valence-corrected chi connectivity index (χ4v) is 0.793. The molecule has 7 heteroatoms. The summed E-state index contributed by atoms with van der Waals surface area (Å²) in [6, 6.07) is 0. The molecular formula is C6H4ClF3N2O. The number of nitrogen functional groups attached to an aromatic ring is 1. The second kappa shape index (κ2) is 3.69. The zero-order valence-corrected chi connectivity index (χ0v) is 6.86. The Morgan fingerprint density at radius 1 is 1.54 bits per heavy atom. The molecule has 0 aliphatic rings. The van der Waals surface area contributed by atoms with E-state index in [2.05, 4.69) is 9.72 Å². The van der Waals surface area contributed by atoms with Crippen molar-refractivity contribution in [1.29, 1.82) is 0 Å². The van der Waals surface area contributed by atoms with E-state index < -0.39 is 24.0 Å². The van der Waals surface area contributed by atoms with Crippen LogP contribution < -0.4 is 10.5 Å². The van der Waals surface area contributed by atoms with Crippen LogP contribution in [0, 0.1) is 5.82 Å². The van der Waals surface area contributed by atoms with Gasteiger partial charge < -0.3 is 10.5 Å². The average molecular weight is 213 g/mol. The van der Waals surface area contributed by atoms with Crippen LogP contribution in [0.5, 0.6) is 5.88 Å². The molecule has 0 aromatic carbocycles. The number of halogens is 4. The molecule has 13 heavy (non-hydrogen) atoms. The average Bonchev–Trinajstić information content (AvgIpc) is 2.06. The highest BCUT2D eigenvalue weighted by Crippen LogP contribution is 2.27. The van der Waals surface area contributed by atoms with Gasteiger partial charge in [-0.3, -0.25) is 0 Å². The summed E-state index contributed by atoms with van der Waals surface area (Å²) in [5.74, 6) is -1.69. The van der Waals surface area contributed by atoms with Crippen LogP contribution in [-0.4, -0.2) is 11.6 Å². The summed E-state index contributed by atoms with van der Waals surface area (Å²) in [5.41, 5.74) is 4.42. The molecule has 0 saturated carbocycles. The van der Waals surface area contributed by atoms with E-state index >= 15 is 0 Å². The number of alkyl halides is 2. The van der Waals surface area contributed by atoms with E-state index in [-0.39, 0.29) is 5.02 Å². The van der Waals surface area contributed by atoms with Crippen LogP contribution in [0.25, 0.3) is 0 Å². The molecule has 0 aliphatic carbocycles. The lowest BCUT2D eigenvalue weighted by Gasteiger charge is -2.06. The first-order valence-corrected chi connectivity index (χ1v) is 3.44. The van der Waals surface area contributed by atoms with Gasteiger partial charge in [-0.2, -0.15) is 8.78 Å². The van der Waals surface area contributed by atoms with E-state index in [1.165, 1.54) is 0 Å². The lowest BCUT2D eigenvalue weighted by atomic mass is 10.4. The minimum absolute atomic E-state index is 0.348. The molecule has 1 heterocycles. The number of hydrogen-bond acceptors (Lipinski definition) is 3. The molecule has 1 rings (SSSR count). The maximum atomic E-state index is 12.8. The number of ether oxygens (including phenoxy) is 1. The monoisotopic (exact) mass is 212 g/mol. The topological polar surface area (TPSA) is 48.1 Å². The summed E-state index contributed by atoms with van der Waals surface area (Å²) in [5, 5.41) is -0.348. The highest BCUT2D eigenvalue weighted by Gasteiger charge is 2.15. The van der Waals surface area contributed by atoms with Gasteiger partial charge in [-0.1, -0.05) is 11.6 Å². The second-order valence-electron chi connectivity index (χ2n) is 2.02. The Labute approximate surface area is 76.3 Å². The van der Waals surface area contributed by atoms with Crippen molar-refractivity contribution in [2.24, 2.45) is 0 Å². The summed E-state index contributed by atoms with van der Waals surface area (Å²) < 4.78 is 40.0. The summed E-state index contributed by atoms with van der Waals surface area (Å²) in [6.45, 7) is -3.10. The number of anilines is 1. The highest BCUT2D eigenvalue weighted by molar-refractivity contribution is 6.30. The number of rotatable bonds is 2. The van der Waals surface area contributed by atoms with Gasteiger partial charge in [-0.05, 0) is 0 Å². The molecule has 2 N–H and O–H groups in total. The molecule has 3 nitrogen and oxygen atoms in total. The second-order valence-corrected chi connectivity index (χ2v) is 2.42. The Balaban J connectivity index is 3.04. The maximum Gasteiger partial charge on any atom is 0.388 e. The Bertz CT molecular complexity index is 321. The molecule has 0 amide bonds. The van der Waals surface area contributed by atoms with Crippen molar-refractivity contribution in [3.63, 3.8) is 0 Å². The van der Waals surface area contributed by atoms with Gasteiger partial charge in [-0.25, -0.2) is 9.37 Å². The molecule has 1 aromatic heterocycles. The number of aromatic nitrogens is 1. The normalized spacial score (nSPS) is 10.5. The van der Waals surface area contributed by atoms with E-state index in [1.54, 1.807) is 0 Å². The van der Waals surface area contributed by atoms with Crippen LogP contribution >= 0.6 is 11.6 Å². The van der Waals surface area contributed by atoms with Crippen molar-refractivity contribution in [2.75, 3.05) is 5.73 Å². The SMILES string of the molecule is Nc1c(OC(F)F)ncc(Cl)c1F. The van der Waals surface area contributed by atoms with Crippen molar-refractivity contribution >= 4 is 17.3 Å². The predicted octanol–water partition coefficient (Wildman–Crippen LogP) is 2.06. The van der Waals surface area contributed by atoms with Gasteiger partial charge in [0.05, 0.1) is 11.2 Å². The van der Waals surface area contributed by atoms with Gasteiger partial charge in [0.2, 0.25) is 5.88 Å². The molecule has 0 atom stereocenters. The van der Waals surface area contributed by atoms with Crippen molar-refractivity contribution in [2.45, 2.75) is 6.61 Å². The largest absolute Gasteiger partial charge is 0.415 e. The molecule has 0 aliphatic heterocycles. The standard InChI is InChI=1S/C6H4ClF3N2O/c7-2-1-12-5(13-6(9)10)4(11)3(2)8/h1,6H,11H2. The number of nitrogens with zero attached hydrogens (tertiary/aromatic N) is 1. The maximum absolute atomic E-state index is 12.8. The summed E-state index contributed by atoms with van der Waals surface area (Å²) in [6.07, 6.45) is 0.838. The van der Waals surface area contributed by atoms with Crippen molar-refractivity contribution < 1.29 is 17.9 Å². The third kappa shape index (κ3) is 2.15. The molecule has 0 fully saturated rings. The lowest BCUT2D eigenvalue weighted by Crippen LogP contribution is -2.07. The highest BCUT2D eigenvalue weighted by atomic mass is 35.5. The van der Waals surface area contributed by atoms with Crippen LogP contribution in [0.4, 0.5) is 18.9 Å². The summed E-state index contributed by atoms with van der Waals surface area (Å²) in [7, 11) is 0. The van der Waals surface area contributed by atoms with E-state index in [9.17, 15) is 13.2 Å². The smallest absolute Gasteiger partial charge is 0.388 e. The van der Waals surface area contributed by atoms with Gasteiger partial charge in [0.25, 0.3) is 0 Å². The lowest BCUT2D eigenvalue weighted by molar-refractivity contribution is -0.0524. The minimum Gasteiger partial charge on any atom is -0.415 e. The van der Waals surface area contributed by atoms with Gasteiger partial charge in [0.15, 0.2) is 5.82 Å². The Hall–Kier alpha value is -1.17. The predicted molar refractivity (Wildman–Crippen MR) is 40.2 cm³/mol. The molecular weight excluding hydrogens is 209 g/mol. The first-order chi connectivity index (χ1) is 6.02. The van der Waals surface area contributed by atoms with Gasteiger partial charge in [0, 0.05) is 0 Å². The van der Waals surface area contributed by atoms with Crippen molar-refractivity contribution in [1.82, 2.24) is 4.98 Å². The summed E-state index contributed by atoms with van der Waals surface area (Å²) in [4.78, 5) is 3.28. The van der Waals surface area contributed by atoms with Gasteiger partial charge in [0.1, 0.15) is 5.69 Å². The quantitative estimate of drug-likeness (QED) is 0.816. The van der Waals surface area contributed by atoms with Crippen LogP contribution in [0.2, 0.25) is 5.02 Å². The molecule has 0 radical (unpaired) electrons. The van der Waals surface area contributed by atoms with Crippen LogP contribution in [0.3, 0.4) is 0 Å². The van der Waals surface area contributed by atoms with Crippen LogP contribution in [-0.2, 0) is 0 Å². The molecule has 0 unspecified atom stereocenters. The summed E-state index contributed by atoms with van der Waals surface area (Å²) >= 11 is 5.26. The molecule has 0 saturated heterocycles. The fourth-order valence-electron chi connectivity index (χ4n) is 0.642. The Morgan fingerprint density at radius 3 is 2.69 bits per heavy atom. The van der Waals surface area contributed by atoms with Gasteiger partial charge >= 0.3 is 6.61 Å². The molecule has 0 bridgehead atoms. The van der Waals surface area contributed by atoms with E-state index in [0.717, 1.165) is 6.20 Å². The first-order valence-electron chi connectivity index (χ1n) is 3.06. The number of hydrogen-bond donors (Lipinski definition) is 1. The minimum atomic E-state index is -3.10. The first kappa shape index (κ1) is 9.91. The van der Waals surface area contributed by atoms with Gasteiger partial charge in [-0.15, -0.1) is 0 Å².